The molecule has 0 fully saturated rings. The highest BCUT2D eigenvalue weighted by molar-refractivity contribution is 6.42. The molecule has 0 bridgehead atoms. The van der Waals surface area contributed by atoms with Crippen LogP contribution in [0.1, 0.15) is 18.5 Å². The van der Waals surface area contributed by atoms with Gasteiger partial charge >= 0.3 is 0 Å². The summed E-state index contributed by atoms with van der Waals surface area (Å²) in [5.41, 5.74) is 1.99. The maximum absolute atomic E-state index is 9.24. The Morgan fingerprint density at radius 1 is 1.00 bits per heavy atom. The topological polar surface area (TPSA) is 32.3 Å². The van der Waals surface area contributed by atoms with Gasteiger partial charge in [-0.05, 0) is 42.8 Å². The first-order chi connectivity index (χ1) is 8.56. The molecule has 0 saturated heterocycles. The van der Waals surface area contributed by atoms with Crippen molar-refractivity contribution < 1.29 is 5.11 Å². The Morgan fingerprint density at radius 3 is 2.28 bits per heavy atom. The molecule has 0 spiro atoms. The van der Waals surface area contributed by atoms with Gasteiger partial charge in [0.1, 0.15) is 5.75 Å². The summed E-state index contributed by atoms with van der Waals surface area (Å²) in [4.78, 5) is 0. The molecule has 0 aliphatic heterocycles. The van der Waals surface area contributed by atoms with Crippen LogP contribution in [0.25, 0.3) is 0 Å². The van der Waals surface area contributed by atoms with Gasteiger partial charge in [0, 0.05) is 11.7 Å². The van der Waals surface area contributed by atoms with Gasteiger partial charge in [-0.1, -0.05) is 35.3 Å². The maximum atomic E-state index is 9.24. The van der Waals surface area contributed by atoms with Crippen LogP contribution >= 0.6 is 23.2 Å². The van der Waals surface area contributed by atoms with Crippen molar-refractivity contribution in [3.05, 3.63) is 58.1 Å². The van der Waals surface area contributed by atoms with Crippen LogP contribution in [0, 0.1) is 0 Å². The molecule has 0 radical (unpaired) electrons. The van der Waals surface area contributed by atoms with Crippen LogP contribution < -0.4 is 5.32 Å². The molecule has 2 aromatic rings. The van der Waals surface area contributed by atoms with E-state index in [4.69, 9.17) is 23.2 Å². The minimum atomic E-state index is 0.114. The Morgan fingerprint density at radius 2 is 1.67 bits per heavy atom. The van der Waals surface area contributed by atoms with E-state index in [1.165, 1.54) is 0 Å². The number of phenols is 1. The molecule has 2 nitrogen and oxygen atoms in total. The third-order valence-corrected chi connectivity index (χ3v) is 3.43. The van der Waals surface area contributed by atoms with Crippen LogP contribution in [-0.4, -0.2) is 5.11 Å². The molecular weight excluding hydrogens is 269 g/mol. The Labute approximate surface area is 116 Å². The van der Waals surface area contributed by atoms with E-state index < -0.39 is 0 Å². The zero-order valence-corrected chi connectivity index (χ0v) is 11.3. The second kappa shape index (κ2) is 5.51. The number of hydrogen-bond donors (Lipinski definition) is 2. The number of halogens is 2. The van der Waals surface area contributed by atoms with Gasteiger partial charge in [-0.25, -0.2) is 0 Å². The fraction of sp³-hybridized carbons (Fsp3) is 0.143. The van der Waals surface area contributed by atoms with E-state index in [0.29, 0.717) is 10.0 Å². The number of aromatic hydroxyl groups is 1. The molecule has 2 rings (SSSR count). The molecule has 0 aliphatic rings. The third kappa shape index (κ3) is 3.09. The normalized spacial score (nSPS) is 12.2. The van der Waals surface area contributed by atoms with Crippen molar-refractivity contribution in [3.63, 3.8) is 0 Å². The lowest BCUT2D eigenvalue weighted by atomic mass is 10.1. The van der Waals surface area contributed by atoms with E-state index in [2.05, 4.69) is 5.32 Å². The first-order valence-corrected chi connectivity index (χ1v) is 6.32. The number of phenolic OH excluding ortho intramolecular Hbond substituents is 1. The smallest absolute Gasteiger partial charge is 0.115 e. The number of benzene rings is 2. The lowest BCUT2D eigenvalue weighted by Gasteiger charge is -2.16. The average molecular weight is 282 g/mol. The van der Waals surface area contributed by atoms with E-state index in [1.807, 2.05) is 25.1 Å². The molecule has 18 heavy (non-hydrogen) atoms. The fourth-order valence-corrected chi connectivity index (χ4v) is 1.98. The highest BCUT2D eigenvalue weighted by Gasteiger charge is 2.06. The molecule has 0 aliphatic carbocycles. The van der Waals surface area contributed by atoms with Gasteiger partial charge in [-0.15, -0.1) is 0 Å². The van der Waals surface area contributed by atoms with Gasteiger partial charge in [0.05, 0.1) is 10.0 Å². The van der Waals surface area contributed by atoms with Crippen LogP contribution in [0.15, 0.2) is 42.5 Å². The van der Waals surface area contributed by atoms with Crippen molar-refractivity contribution in [2.24, 2.45) is 0 Å². The lowest BCUT2D eigenvalue weighted by molar-refractivity contribution is 0.475. The first-order valence-electron chi connectivity index (χ1n) is 5.57. The number of nitrogens with one attached hydrogen (secondary N) is 1. The van der Waals surface area contributed by atoms with Gasteiger partial charge in [-0.3, -0.25) is 0 Å². The summed E-state index contributed by atoms with van der Waals surface area (Å²) in [6.45, 7) is 2.04. The van der Waals surface area contributed by atoms with Crippen LogP contribution in [-0.2, 0) is 0 Å². The van der Waals surface area contributed by atoms with Gasteiger partial charge in [0.2, 0.25) is 0 Å². The number of hydrogen-bond acceptors (Lipinski definition) is 2. The summed E-state index contributed by atoms with van der Waals surface area (Å²) in [6.07, 6.45) is 0. The average Bonchev–Trinajstić information content (AvgIpc) is 2.34. The summed E-state index contributed by atoms with van der Waals surface area (Å²) in [5, 5.41) is 13.6. The van der Waals surface area contributed by atoms with Crippen molar-refractivity contribution in [1.82, 2.24) is 0 Å². The highest BCUT2D eigenvalue weighted by Crippen LogP contribution is 2.27. The van der Waals surface area contributed by atoms with E-state index in [1.54, 1.807) is 24.3 Å². The van der Waals surface area contributed by atoms with Crippen molar-refractivity contribution in [3.8, 4) is 5.75 Å². The molecule has 0 heterocycles. The molecular formula is C14H13Cl2NO. The summed E-state index contributed by atoms with van der Waals surface area (Å²) in [6, 6.07) is 12.6. The van der Waals surface area contributed by atoms with Gasteiger partial charge in [-0.2, -0.15) is 0 Å². The molecule has 0 saturated carbocycles. The molecule has 2 aromatic carbocycles. The van der Waals surface area contributed by atoms with Crippen LogP contribution in [0.3, 0.4) is 0 Å². The first kappa shape index (κ1) is 13.1. The van der Waals surface area contributed by atoms with Crippen molar-refractivity contribution >= 4 is 28.9 Å². The monoisotopic (exact) mass is 281 g/mol. The van der Waals surface area contributed by atoms with E-state index in [9.17, 15) is 5.11 Å². The lowest BCUT2D eigenvalue weighted by Crippen LogP contribution is -2.06. The van der Waals surface area contributed by atoms with Gasteiger partial charge in [0.25, 0.3) is 0 Å². The number of anilines is 1. The molecule has 2 N–H and O–H groups in total. The Kier molecular flexibility index (Phi) is 4.00. The molecule has 1 atom stereocenters. The summed E-state index contributed by atoms with van der Waals surface area (Å²) in [5.74, 6) is 0.264. The minimum absolute atomic E-state index is 0.114. The Bertz CT molecular complexity index is 540. The van der Waals surface area contributed by atoms with Crippen LogP contribution in [0.4, 0.5) is 5.69 Å². The second-order valence-electron chi connectivity index (χ2n) is 4.09. The summed E-state index contributed by atoms with van der Waals surface area (Å²) < 4.78 is 0. The largest absolute Gasteiger partial charge is 0.508 e. The van der Waals surface area contributed by atoms with Crippen molar-refractivity contribution in [1.29, 1.82) is 0 Å². The van der Waals surface area contributed by atoms with E-state index in [0.717, 1.165) is 11.3 Å². The highest BCUT2D eigenvalue weighted by atomic mass is 35.5. The Hall–Kier alpha value is -1.38. The zero-order valence-electron chi connectivity index (χ0n) is 9.82. The molecule has 0 amide bonds. The Balaban J connectivity index is 2.13. The minimum Gasteiger partial charge on any atom is -0.508 e. The van der Waals surface area contributed by atoms with Crippen LogP contribution in [0.2, 0.25) is 10.0 Å². The quantitative estimate of drug-likeness (QED) is 0.841. The SMILES string of the molecule is CC(Nc1ccc(Cl)c(Cl)c1)c1ccc(O)cc1. The van der Waals surface area contributed by atoms with Crippen LogP contribution in [0.5, 0.6) is 5.75 Å². The molecule has 94 valence electrons. The van der Waals surface area contributed by atoms with E-state index >= 15 is 0 Å². The standard InChI is InChI=1S/C14H13Cl2NO/c1-9(10-2-5-12(18)6-3-10)17-11-4-7-13(15)14(16)8-11/h2-9,17-18H,1H3. The summed E-state index contributed by atoms with van der Waals surface area (Å²) >= 11 is 11.8. The maximum Gasteiger partial charge on any atom is 0.115 e. The number of rotatable bonds is 3. The van der Waals surface area contributed by atoms with Crippen molar-refractivity contribution in [2.75, 3.05) is 5.32 Å². The fourth-order valence-electron chi connectivity index (χ4n) is 1.68. The van der Waals surface area contributed by atoms with E-state index in [-0.39, 0.29) is 11.8 Å². The molecule has 4 heteroatoms. The van der Waals surface area contributed by atoms with Gasteiger partial charge in [0.15, 0.2) is 0 Å². The second-order valence-corrected chi connectivity index (χ2v) is 4.90. The third-order valence-electron chi connectivity index (χ3n) is 2.70. The predicted octanol–water partition coefficient (Wildman–Crippen LogP) is 4.87. The molecule has 1 unspecified atom stereocenters. The predicted molar refractivity (Wildman–Crippen MR) is 76.6 cm³/mol. The molecule has 0 aromatic heterocycles. The van der Waals surface area contributed by atoms with Gasteiger partial charge < -0.3 is 10.4 Å². The summed E-state index contributed by atoms with van der Waals surface area (Å²) in [7, 11) is 0. The van der Waals surface area contributed by atoms with Crippen molar-refractivity contribution in [2.45, 2.75) is 13.0 Å². The zero-order chi connectivity index (χ0) is 13.1.